The second-order valence-corrected chi connectivity index (χ2v) is 7.43. The van der Waals surface area contributed by atoms with Gasteiger partial charge in [-0.3, -0.25) is 0 Å². The van der Waals surface area contributed by atoms with E-state index in [1.54, 1.807) is 7.11 Å². The molecule has 31 heavy (non-hydrogen) atoms. The van der Waals surface area contributed by atoms with Crippen LogP contribution in [-0.2, 0) is 6.18 Å². The number of methoxy groups -OCH3 is 1. The molecule has 1 aromatic carbocycles. The summed E-state index contributed by atoms with van der Waals surface area (Å²) in [6, 6.07) is 12.3. The molecule has 1 aliphatic heterocycles. The molecule has 5 rings (SSSR count). The second-order valence-electron chi connectivity index (χ2n) is 7.43. The van der Waals surface area contributed by atoms with Crippen LogP contribution in [0.3, 0.4) is 0 Å². The molecule has 0 radical (unpaired) electrons. The largest absolute Gasteiger partial charge is 0.497 e. The third-order valence-electron chi connectivity index (χ3n) is 5.62. The molecule has 9 heteroatoms. The molecular weight excluding hydrogens is 407 g/mol. The first-order chi connectivity index (χ1) is 14.9. The molecule has 1 fully saturated rings. The average molecular weight is 427 g/mol. The number of ether oxygens (including phenoxy) is 1. The van der Waals surface area contributed by atoms with Gasteiger partial charge in [0.05, 0.1) is 29.2 Å². The number of piperazine rings is 1. The maximum absolute atomic E-state index is 12.8. The number of pyridine rings is 1. The summed E-state index contributed by atoms with van der Waals surface area (Å²) in [5.74, 6) is 2.22. The standard InChI is InChI=1S/C22H20F3N5O/c1-31-16-5-6-17-19(13-16)30-8-2-3-18(30)21(27-17)29-11-9-28(10-12-29)20-7-4-15(14-26-20)22(23,24)25/h2-8,13-14H,9-12H2,1H3. The molecule has 160 valence electrons. The number of benzene rings is 1. The van der Waals surface area contributed by atoms with E-state index in [9.17, 15) is 13.2 Å². The molecule has 1 saturated heterocycles. The molecule has 0 unspecified atom stereocenters. The molecule has 1 aliphatic rings. The Bertz CT molecular complexity index is 1230. The van der Waals surface area contributed by atoms with Gasteiger partial charge in [-0.1, -0.05) is 0 Å². The summed E-state index contributed by atoms with van der Waals surface area (Å²) in [5, 5.41) is 0. The zero-order chi connectivity index (χ0) is 21.6. The molecule has 4 aromatic rings. The van der Waals surface area contributed by atoms with Crippen LogP contribution in [0.2, 0.25) is 0 Å². The van der Waals surface area contributed by atoms with Gasteiger partial charge < -0.3 is 18.9 Å². The van der Waals surface area contributed by atoms with Gasteiger partial charge in [0.25, 0.3) is 0 Å². The van der Waals surface area contributed by atoms with E-state index in [1.807, 2.05) is 41.4 Å². The van der Waals surface area contributed by atoms with Gasteiger partial charge in [-0.2, -0.15) is 13.2 Å². The van der Waals surface area contributed by atoms with E-state index in [0.717, 1.165) is 40.4 Å². The zero-order valence-corrected chi connectivity index (χ0v) is 16.8. The molecule has 0 saturated carbocycles. The number of hydrogen-bond acceptors (Lipinski definition) is 5. The fraction of sp³-hybridized carbons (Fsp3) is 0.273. The van der Waals surface area contributed by atoms with Crippen molar-refractivity contribution in [2.24, 2.45) is 0 Å². The predicted molar refractivity (Wildman–Crippen MR) is 113 cm³/mol. The van der Waals surface area contributed by atoms with E-state index in [1.165, 1.54) is 6.07 Å². The predicted octanol–water partition coefficient (Wildman–Crippen LogP) is 4.24. The first-order valence-electron chi connectivity index (χ1n) is 9.92. The summed E-state index contributed by atoms with van der Waals surface area (Å²) < 4.78 is 45.8. The Morgan fingerprint density at radius 3 is 2.39 bits per heavy atom. The van der Waals surface area contributed by atoms with Crippen LogP contribution in [0, 0.1) is 0 Å². The smallest absolute Gasteiger partial charge is 0.417 e. The van der Waals surface area contributed by atoms with Crippen molar-refractivity contribution >= 4 is 28.2 Å². The highest BCUT2D eigenvalue weighted by Crippen LogP contribution is 2.31. The molecule has 6 nitrogen and oxygen atoms in total. The van der Waals surface area contributed by atoms with Crippen molar-refractivity contribution in [1.82, 2.24) is 14.4 Å². The zero-order valence-electron chi connectivity index (χ0n) is 16.8. The number of halogens is 3. The van der Waals surface area contributed by atoms with Crippen LogP contribution in [0.4, 0.5) is 24.8 Å². The van der Waals surface area contributed by atoms with Gasteiger partial charge in [0, 0.05) is 44.6 Å². The van der Waals surface area contributed by atoms with Gasteiger partial charge in [0.2, 0.25) is 0 Å². The van der Waals surface area contributed by atoms with Gasteiger partial charge >= 0.3 is 6.18 Å². The fourth-order valence-corrected chi connectivity index (χ4v) is 3.98. The molecule has 0 amide bonds. The summed E-state index contributed by atoms with van der Waals surface area (Å²) >= 11 is 0. The minimum absolute atomic E-state index is 0.555. The van der Waals surface area contributed by atoms with Crippen molar-refractivity contribution < 1.29 is 17.9 Å². The van der Waals surface area contributed by atoms with Crippen LogP contribution in [0.5, 0.6) is 5.75 Å². The van der Waals surface area contributed by atoms with E-state index in [2.05, 4.69) is 14.3 Å². The molecule has 0 atom stereocenters. The van der Waals surface area contributed by atoms with Gasteiger partial charge in [0.15, 0.2) is 5.82 Å². The Morgan fingerprint density at radius 2 is 1.71 bits per heavy atom. The Morgan fingerprint density at radius 1 is 0.935 bits per heavy atom. The lowest BCUT2D eigenvalue weighted by atomic mass is 10.2. The van der Waals surface area contributed by atoms with E-state index in [-0.39, 0.29) is 0 Å². The third-order valence-corrected chi connectivity index (χ3v) is 5.62. The topological polar surface area (TPSA) is 45.9 Å². The minimum Gasteiger partial charge on any atom is -0.497 e. The number of hydrogen-bond donors (Lipinski definition) is 0. The van der Waals surface area contributed by atoms with Crippen molar-refractivity contribution in [3.05, 3.63) is 60.4 Å². The summed E-state index contributed by atoms with van der Waals surface area (Å²) in [6.45, 7) is 2.68. The third kappa shape index (κ3) is 3.49. The first-order valence-corrected chi connectivity index (χ1v) is 9.92. The molecule has 0 N–H and O–H groups in total. The van der Waals surface area contributed by atoms with E-state index < -0.39 is 11.7 Å². The summed E-state index contributed by atoms with van der Waals surface area (Å²) in [5.41, 5.74) is 2.10. The SMILES string of the molecule is COc1ccc2nc(N3CCN(c4ccc(C(F)(F)F)cn4)CC3)c3cccn3c2c1. The molecule has 0 bridgehead atoms. The first kappa shape index (κ1) is 19.5. The lowest BCUT2D eigenvalue weighted by Gasteiger charge is -2.36. The fourth-order valence-electron chi connectivity index (χ4n) is 3.98. The minimum atomic E-state index is -4.38. The van der Waals surface area contributed by atoms with Crippen LogP contribution >= 0.6 is 0 Å². The Hall–Kier alpha value is -3.49. The molecule has 3 aromatic heterocycles. The highest BCUT2D eigenvalue weighted by atomic mass is 19.4. The highest BCUT2D eigenvalue weighted by Gasteiger charge is 2.31. The van der Waals surface area contributed by atoms with Crippen molar-refractivity contribution in [1.29, 1.82) is 0 Å². The van der Waals surface area contributed by atoms with Crippen molar-refractivity contribution in [3.8, 4) is 5.75 Å². The van der Waals surface area contributed by atoms with E-state index in [4.69, 9.17) is 9.72 Å². The van der Waals surface area contributed by atoms with E-state index in [0.29, 0.717) is 32.0 Å². The number of rotatable bonds is 3. The van der Waals surface area contributed by atoms with Crippen LogP contribution in [0.25, 0.3) is 16.6 Å². The normalized spacial score (nSPS) is 15.1. The summed E-state index contributed by atoms with van der Waals surface area (Å²) in [4.78, 5) is 13.1. The number of alkyl halides is 3. The lowest BCUT2D eigenvalue weighted by molar-refractivity contribution is -0.137. The van der Waals surface area contributed by atoms with Gasteiger partial charge in [0.1, 0.15) is 11.6 Å². The second kappa shape index (κ2) is 7.33. The lowest BCUT2D eigenvalue weighted by Crippen LogP contribution is -2.47. The maximum atomic E-state index is 12.8. The number of nitrogens with zero attached hydrogens (tertiary/aromatic N) is 5. The number of aromatic nitrogens is 3. The highest BCUT2D eigenvalue weighted by molar-refractivity contribution is 5.86. The van der Waals surface area contributed by atoms with Crippen LogP contribution in [0.15, 0.2) is 54.9 Å². The summed E-state index contributed by atoms with van der Waals surface area (Å²) in [7, 11) is 1.64. The van der Waals surface area contributed by atoms with Gasteiger partial charge in [-0.25, -0.2) is 9.97 Å². The number of anilines is 2. The Kier molecular flexibility index (Phi) is 4.60. The quantitative estimate of drug-likeness (QED) is 0.490. The molecule has 4 heterocycles. The van der Waals surface area contributed by atoms with Crippen LogP contribution in [0.1, 0.15) is 5.56 Å². The van der Waals surface area contributed by atoms with Crippen LogP contribution < -0.4 is 14.5 Å². The number of fused-ring (bicyclic) bond motifs is 3. The van der Waals surface area contributed by atoms with E-state index >= 15 is 0 Å². The van der Waals surface area contributed by atoms with Crippen molar-refractivity contribution in [3.63, 3.8) is 0 Å². The molecule has 0 spiro atoms. The summed E-state index contributed by atoms with van der Waals surface area (Å²) in [6.07, 6.45) is -1.48. The Balaban J connectivity index is 1.39. The van der Waals surface area contributed by atoms with Crippen molar-refractivity contribution in [2.45, 2.75) is 6.18 Å². The van der Waals surface area contributed by atoms with Gasteiger partial charge in [-0.15, -0.1) is 0 Å². The maximum Gasteiger partial charge on any atom is 0.417 e. The molecular formula is C22H20F3N5O. The Labute approximate surface area is 176 Å². The average Bonchev–Trinajstić information content (AvgIpc) is 3.28. The monoisotopic (exact) mass is 427 g/mol. The van der Waals surface area contributed by atoms with Crippen molar-refractivity contribution in [2.75, 3.05) is 43.1 Å². The molecule has 0 aliphatic carbocycles. The van der Waals surface area contributed by atoms with Gasteiger partial charge in [-0.05, 0) is 36.4 Å². The van der Waals surface area contributed by atoms with Crippen LogP contribution in [-0.4, -0.2) is 47.7 Å².